The van der Waals surface area contributed by atoms with E-state index >= 15 is 0 Å². The molecule has 0 saturated carbocycles. The number of benzene rings is 1. The van der Waals surface area contributed by atoms with Crippen LogP contribution in [0.15, 0.2) is 24.4 Å². The van der Waals surface area contributed by atoms with Crippen molar-refractivity contribution in [1.29, 1.82) is 0 Å². The molecule has 2 heterocycles. The lowest BCUT2D eigenvalue weighted by atomic mass is 10.1. The lowest BCUT2D eigenvalue weighted by Crippen LogP contribution is -2.33. The van der Waals surface area contributed by atoms with Gasteiger partial charge in [-0.2, -0.15) is 0 Å². The van der Waals surface area contributed by atoms with Crippen molar-refractivity contribution >= 4 is 22.3 Å². The Balaban J connectivity index is 1.75. The van der Waals surface area contributed by atoms with Crippen molar-refractivity contribution in [3.05, 3.63) is 40.1 Å². The molecule has 1 aliphatic heterocycles. The Morgan fingerprint density at radius 3 is 2.78 bits per heavy atom. The van der Waals surface area contributed by atoms with Gasteiger partial charge in [0.25, 0.3) is 5.69 Å². The molecular formula is C17H22N4O2. The highest BCUT2D eigenvalue weighted by molar-refractivity contribution is 5.94. The zero-order valence-corrected chi connectivity index (χ0v) is 13.4. The number of piperidine rings is 1. The Hall–Kier alpha value is -2.21. The van der Waals surface area contributed by atoms with Crippen molar-refractivity contribution < 1.29 is 4.92 Å². The minimum atomic E-state index is -0.354. The van der Waals surface area contributed by atoms with Gasteiger partial charge in [-0.3, -0.25) is 15.1 Å². The highest BCUT2D eigenvalue weighted by Crippen LogP contribution is 2.29. The number of nitro benzene ring substituents is 1. The fourth-order valence-corrected chi connectivity index (χ4v) is 3.23. The Labute approximate surface area is 135 Å². The molecule has 0 radical (unpaired) electrons. The van der Waals surface area contributed by atoms with Gasteiger partial charge >= 0.3 is 0 Å². The van der Waals surface area contributed by atoms with Crippen LogP contribution in [-0.2, 0) is 0 Å². The molecule has 0 atom stereocenters. The van der Waals surface area contributed by atoms with Crippen LogP contribution in [0.2, 0.25) is 0 Å². The maximum absolute atomic E-state index is 11.1. The minimum absolute atomic E-state index is 0.121. The van der Waals surface area contributed by atoms with Gasteiger partial charge in [-0.25, -0.2) is 0 Å². The summed E-state index contributed by atoms with van der Waals surface area (Å²) in [7, 11) is 0. The van der Waals surface area contributed by atoms with Crippen LogP contribution >= 0.6 is 0 Å². The number of fused-ring (bicyclic) bond motifs is 1. The molecule has 23 heavy (non-hydrogen) atoms. The predicted octanol–water partition coefficient (Wildman–Crippen LogP) is 3.35. The first-order valence-corrected chi connectivity index (χ1v) is 8.16. The van der Waals surface area contributed by atoms with Crippen LogP contribution in [0.3, 0.4) is 0 Å². The van der Waals surface area contributed by atoms with Gasteiger partial charge in [0.2, 0.25) is 0 Å². The van der Waals surface area contributed by atoms with Crippen molar-refractivity contribution in [3.63, 3.8) is 0 Å². The molecule has 122 valence electrons. The average molecular weight is 314 g/mol. The third-order valence-electron chi connectivity index (χ3n) is 4.53. The van der Waals surface area contributed by atoms with Crippen molar-refractivity contribution in [2.75, 3.05) is 31.5 Å². The predicted molar refractivity (Wildman–Crippen MR) is 91.9 cm³/mol. The number of pyridine rings is 1. The van der Waals surface area contributed by atoms with E-state index in [1.165, 1.54) is 32.4 Å². The van der Waals surface area contributed by atoms with Crippen LogP contribution in [0, 0.1) is 17.0 Å². The molecule has 2 aromatic rings. The highest BCUT2D eigenvalue weighted by Gasteiger charge is 2.15. The first kappa shape index (κ1) is 15.7. The highest BCUT2D eigenvalue weighted by atomic mass is 16.6. The zero-order valence-electron chi connectivity index (χ0n) is 13.4. The van der Waals surface area contributed by atoms with E-state index < -0.39 is 0 Å². The van der Waals surface area contributed by atoms with Gasteiger partial charge in [-0.1, -0.05) is 6.42 Å². The molecule has 6 nitrogen and oxygen atoms in total. The second-order valence-corrected chi connectivity index (χ2v) is 6.05. The van der Waals surface area contributed by atoms with Crippen molar-refractivity contribution in [2.24, 2.45) is 0 Å². The summed E-state index contributed by atoms with van der Waals surface area (Å²) in [5.41, 5.74) is 2.43. The second kappa shape index (κ2) is 6.91. The van der Waals surface area contributed by atoms with E-state index in [0.29, 0.717) is 11.1 Å². The molecule has 0 unspecified atom stereocenters. The van der Waals surface area contributed by atoms with Gasteiger partial charge in [0.15, 0.2) is 0 Å². The largest absolute Gasteiger partial charge is 0.383 e. The maximum Gasteiger partial charge on any atom is 0.274 e. The SMILES string of the molecule is Cc1c([N+](=O)[O-])ccc2c(NCCN3CCCCC3)ccnc12. The summed E-state index contributed by atoms with van der Waals surface area (Å²) in [6, 6.07) is 5.29. The molecule has 3 rings (SSSR count). The third kappa shape index (κ3) is 3.42. The van der Waals surface area contributed by atoms with Gasteiger partial charge in [0, 0.05) is 36.4 Å². The van der Waals surface area contributed by atoms with E-state index in [1.54, 1.807) is 25.3 Å². The first-order valence-electron chi connectivity index (χ1n) is 8.16. The number of anilines is 1. The summed E-state index contributed by atoms with van der Waals surface area (Å²) < 4.78 is 0. The second-order valence-electron chi connectivity index (χ2n) is 6.05. The summed E-state index contributed by atoms with van der Waals surface area (Å²) >= 11 is 0. The summed E-state index contributed by atoms with van der Waals surface area (Å²) in [5, 5.41) is 15.5. The Kier molecular flexibility index (Phi) is 4.71. The number of likely N-dealkylation sites (tertiary alicyclic amines) is 1. The van der Waals surface area contributed by atoms with E-state index in [1.807, 2.05) is 6.07 Å². The Morgan fingerprint density at radius 1 is 1.26 bits per heavy atom. The van der Waals surface area contributed by atoms with Crippen LogP contribution in [0.5, 0.6) is 0 Å². The minimum Gasteiger partial charge on any atom is -0.383 e. The number of nitro groups is 1. The quantitative estimate of drug-likeness (QED) is 0.677. The van der Waals surface area contributed by atoms with Gasteiger partial charge in [-0.15, -0.1) is 0 Å². The molecule has 1 fully saturated rings. The number of hydrogen-bond donors (Lipinski definition) is 1. The standard InChI is InChI=1S/C17H22N4O2/c1-13-16(21(22)23)6-5-14-15(7-8-19-17(13)14)18-9-12-20-10-3-2-4-11-20/h5-8H,2-4,9-12H2,1H3,(H,18,19). The number of rotatable bonds is 5. The maximum atomic E-state index is 11.1. The number of aryl methyl sites for hydroxylation is 1. The van der Waals surface area contributed by atoms with Crippen LogP contribution in [0.25, 0.3) is 10.9 Å². The molecule has 1 aromatic carbocycles. The Bertz CT molecular complexity index is 711. The fraction of sp³-hybridized carbons (Fsp3) is 0.471. The number of nitrogens with zero attached hydrogens (tertiary/aromatic N) is 3. The summed E-state index contributed by atoms with van der Waals surface area (Å²) in [5.74, 6) is 0. The normalized spacial score (nSPS) is 15.7. The fourth-order valence-electron chi connectivity index (χ4n) is 3.23. The van der Waals surface area contributed by atoms with E-state index in [0.717, 1.165) is 24.2 Å². The summed E-state index contributed by atoms with van der Waals surface area (Å²) in [4.78, 5) is 17.5. The molecule has 0 spiro atoms. The molecule has 1 N–H and O–H groups in total. The molecule has 0 aliphatic carbocycles. The van der Waals surface area contributed by atoms with Gasteiger partial charge < -0.3 is 10.2 Å². The van der Waals surface area contributed by atoms with Crippen LogP contribution in [0.1, 0.15) is 24.8 Å². The average Bonchev–Trinajstić information content (AvgIpc) is 2.56. The molecule has 1 saturated heterocycles. The zero-order chi connectivity index (χ0) is 16.2. The monoisotopic (exact) mass is 314 g/mol. The van der Waals surface area contributed by atoms with E-state index in [4.69, 9.17) is 0 Å². The van der Waals surface area contributed by atoms with Gasteiger partial charge in [-0.05, 0) is 45.0 Å². The summed E-state index contributed by atoms with van der Waals surface area (Å²) in [6.07, 6.45) is 5.64. The van der Waals surface area contributed by atoms with Gasteiger partial charge in [0.05, 0.1) is 16.0 Å². The molecule has 1 aliphatic rings. The number of aromatic nitrogens is 1. The summed E-state index contributed by atoms with van der Waals surface area (Å²) in [6.45, 7) is 6.02. The van der Waals surface area contributed by atoms with Crippen LogP contribution in [0.4, 0.5) is 11.4 Å². The Morgan fingerprint density at radius 2 is 2.04 bits per heavy atom. The molecule has 6 heteroatoms. The van der Waals surface area contributed by atoms with Crippen LogP contribution in [-0.4, -0.2) is 41.0 Å². The lowest BCUT2D eigenvalue weighted by Gasteiger charge is -2.26. The number of hydrogen-bond acceptors (Lipinski definition) is 5. The molecule has 1 aromatic heterocycles. The smallest absolute Gasteiger partial charge is 0.274 e. The topological polar surface area (TPSA) is 71.3 Å². The third-order valence-corrected chi connectivity index (χ3v) is 4.53. The molecular weight excluding hydrogens is 292 g/mol. The van der Waals surface area contributed by atoms with Gasteiger partial charge in [0.1, 0.15) is 0 Å². The van der Waals surface area contributed by atoms with Crippen LogP contribution < -0.4 is 5.32 Å². The molecule has 0 amide bonds. The van der Waals surface area contributed by atoms with Crippen molar-refractivity contribution in [3.8, 4) is 0 Å². The van der Waals surface area contributed by atoms with E-state index in [9.17, 15) is 10.1 Å². The first-order chi connectivity index (χ1) is 11.2. The number of nitrogens with one attached hydrogen (secondary N) is 1. The lowest BCUT2D eigenvalue weighted by molar-refractivity contribution is -0.385. The van der Waals surface area contributed by atoms with E-state index in [2.05, 4.69) is 15.2 Å². The van der Waals surface area contributed by atoms with Crippen molar-refractivity contribution in [2.45, 2.75) is 26.2 Å². The molecule has 0 bridgehead atoms. The van der Waals surface area contributed by atoms with E-state index in [-0.39, 0.29) is 10.6 Å². The van der Waals surface area contributed by atoms with Crippen molar-refractivity contribution in [1.82, 2.24) is 9.88 Å².